The maximum absolute atomic E-state index is 9.55. The van der Waals surface area contributed by atoms with Crippen molar-refractivity contribution in [3.8, 4) is 5.75 Å². The van der Waals surface area contributed by atoms with Gasteiger partial charge in [0.05, 0.1) is 5.92 Å². The maximum atomic E-state index is 9.55. The molecular formula is C17H13N5O. The first-order valence-corrected chi connectivity index (χ1v) is 7.18. The van der Waals surface area contributed by atoms with Gasteiger partial charge >= 0.3 is 0 Å². The van der Waals surface area contributed by atoms with Crippen LogP contribution in [0.4, 0.5) is 0 Å². The molecular weight excluding hydrogens is 290 g/mol. The lowest BCUT2D eigenvalue weighted by molar-refractivity contribution is 0.475. The first kappa shape index (κ1) is 13.4. The fraction of sp³-hybridized carbons (Fsp3) is 0.0588. The van der Waals surface area contributed by atoms with Gasteiger partial charge in [-0.05, 0) is 41.5 Å². The highest BCUT2D eigenvalue weighted by Crippen LogP contribution is 2.31. The molecule has 4 rings (SSSR count). The summed E-state index contributed by atoms with van der Waals surface area (Å²) in [5.74, 6) is 0.761. The van der Waals surface area contributed by atoms with Crippen LogP contribution < -0.4 is 0 Å². The van der Waals surface area contributed by atoms with Gasteiger partial charge in [0.25, 0.3) is 0 Å². The van der Waals surface area contributed by atoms with Crippen molar-refractivity contribution in [1.82, 2.24) is 24.8 Å². The quantitative estimate of drug-likeness (QED) is 0.629. The minimum absolute atomic E-state index is 0.172. The average molecular weight is 303 g/mol. The van der Waals surface area contributed by atoms with Gasteiger partial charge in [-0.25, -0.2) is 0 Å². The van der Waals surface area contributed by atoms with Gasteiger partial charge in [0.1, 0.15) is 5.75 Å². The van der Waals surface area contributed by atoms with E-state index in [1.165, 1.54) is 0 Å². The van der Waals surface area contributed by atoms with Crippen molar-refractivity contribution in [3.63, 3.8) is 0 Å². The molecule has 0 aliphatic rings. The Morgan fingerprint density at radius 3 is 2.48 bits per heavy atom. The lowest BCUT2D eigenvalue weighted by Gasteiger charge is -2.15. The van der Waals surface area contributed by atoms with E-state index in [0.29, 0.717) is 11.5 Å². The number of nitrogens with zero attached hydrogens (tertiary/aromatic N) is 5. The van der Waals surface area contributed by atoms with Crippen molar-refractivity contribution in [2.24, 2.45) is 0 Å². The molecule has 6 heteroatoms. The molecule has 1 N–H and O–H groups in total. The zero-order chi connectivity index (χ0) is 15.6. The van der Waals surface area contributed by atoms with Gasteiger partial charge in [0.2, 0.25) is 0 Å². The van der Waals surface area contributed by atoms with Crippen LogP contribution in [0.1, 0.15) is 22.9 Å². The predicted octanol–water partition coefficient (Wildman–Crippen LogP) is 2.41. The van der Waals surface area contributed by atoms with Crippen molar-refractivity contribution in [2.75, 3.05) is 0 Å². The third-order valence-electron chi connectivity index (χ3n) is 3.70. The summed E-state index contributed by atoms with van der Waals surface area (Å²) in [5.41, 5.74) is 2.66. The molecule has 0 radical (unpaired) electrons. The molecule has 3 heterocycles. The topological polar surface area (TPSA) is 76.2 Å². The molecule has 1 aromatic carbocycles. The Balaban J connectivity index is 1.94. The van der Waals surface area contributed by atoms with Crippen LogP contribution in [-0.4, -0.2) is 29.9 Å². The Kier molecular flexibility index (Phi) is 3.20. The first-order chi connectivity index (χ1) is 11.3. The van der Waals surface area contributed by atoms with E-state index in [1.54, 1.807) is 29.0 Å². The van der Waals surface area contributed by atoms with E-state index in [4.69, 9.17) is 0 Å². The van der Waals surface area contributed by atoms with Crippen molar-refractivity contribution >= 4 is 5.65 Å². The minimum Gasteiger partial charge on any atom is -0.508 e. The average Bonchev–Trinajstić information content (AvgIpc) is 3.02. The number of pyridine rings is 1. The molecule has 0 aliphatic heterocycles. The molecule has 0 saturated carbocycles. The number of fused-ring (bicyclic) bond motifs is 1. The summed E-state index contributed by atoms with van der Waals surface area (Å²) in [5, 5.41) is 22.4. The summed E-state index contributed by atoms with van der Waals surface area (Å²) in [6, 6.07) is 14.6. The third kappa shape index (κ3) is 2.40. The van der Waals surface area contributed by atoms with Gasteiger partial charge in [0, 0.05) is 18.6 Å². The zero-order valence-corrected chi connectivity index (χ0v) is 12.1. The number of phenols is 1. The van der Waals surface area contributed by atoms with Gasteiger partial charge in [-0.1, -0.05) is 18.2 Å². The molecule has 4 aromatic rings. The zero-order valence-electron chi connectivity index (χ0n) is 12.1. The van der Waals surface area contributed by atoms with E-state index < -0.39 is 0 Å². The smallest absolute Gasteiger partial charge is 0.177 e. The summed E-state index contributed by atoms with van der Waals surface area (Å²) < 4.78 is 1.73. The summed E-state index contributed by atoms with van der Waals surface area (Å²) in [6.07, 6.45) is 5.25. The fourth-order valence-corrected chi connectivity index (χ4v) is 2.65. The highest BCUT2D eigenvalue weighted by Gasteiger charge is 2.23. The van der Waals surface area contributed by atoms with Crippen LogP contribution in [0.5, 0.6) is 5.75 Å². The van der Waals surface area contributed by atoms with Gasteiger partial charge in [0.15, 0.2) is 11.5 Å². The molecule has 0 fully saturated rings. The van der Waals surface area contributed by atoms with Gasteiger partial charge in [-0.2, -0.15) is 9.61 Å². The number of hydrogen-bond donors (Lipinski definition) is 1. The second kappa shape index (κ2) is 5.49. The van der Waals surface area contributed by atoms with Crippen LogP contribution in [0.3, 0.4) is 0 Å². The molecule has 0 bridgehead atoms. The monoisotopic (exact) mass is 303 g/mol. The molecule has 1 atom stereocenters. The van der Waals surface area contributed by atoms with E-state index in [0.717, 1.165) is 11.1 Å². The largest absolute Gasteiger partial charge is 0.508 e. The Morgan fingerprint density at radius 2 is 1.70 bits per heavy atom. The third-order valence-corrected chi connectivity index (χ3v) is 3.70. The molecule has 6 nitrogen and oxygen atoms in total. The van der Waals surface area contributed by atoms with E-state index in [-0.39, 0.29) is 11.7 Å². The Bertz CT molecular complexity index is 934. The number of aromatic hydroxyl groups is 1. The minimum atomic E-state index is -0.172. The number of rotatable bonds is 3. The summed E-state index contributed by atoms with van der Waals surface area (Å²) in [4.78, 5) is 4.21. The number of phenolic OH excluding ortho intramolecular Hbond substituents is 1. The van der Waals surface area contributed by atoms with Crippen molar-refractivity contribution < 1.29 is 5.11 Å². The molecule has 3 aromatic heterocycles. The van der Waals surface area contributed by atoms with Crippen molar-refractivity contribution in [2.45, 2.75) is 5.92 Å². The van der Waals surface area contributed by atoms with Crippen LogP contribution in [0.15, 0.2) is 67.1 Å². The standard InChI is InChI=1S/C17H13N5O/c23-14-7-5-12(6-8-14)16(13-3-1-9-18-11-13)17-21-20-15-4-2-10-19-22(15)17/h1-11,16,23H. The molecule has 112 valence electrons. The molecule has 23 heavy (non-hydrogen) atoms. The summed E-state index contributed by atoms with van der Waals surface area (Å²) in [7, 11) is 0. The second-order valence-corrected chi connectivity index (χ2v) is 5.16. The number of hydrogen-bond acceptors (Lipinski definition) is 5. The highest BCUT2D eigenvalue weighted by molar-refractivity contribution is 5.43. The Labute approximate surface area is 132 Å². The second-order valence-electron chi connectivity index (χ2n) is 5.16. The lowest BCUT2D eigenvalue weighted by atomic mass is 9.91. The number of benzene rings is 1. The van der Waals surface area contributed by atoms with E-state index in [2.05, 4.69) is 20.3 Å². The van der Waals surface area contributed by atoms with Crippen molar-refractivity contribution in [3.05, 3.63) is 84.1 Å². The first-order valence-electron chi connectivity index (χ1n) is 7.18. The van der Waals surface area contributed by atoms with Crippen LogP contribution in [0.25, 0.3) is 5.65 Å². The predicted molar refractivity (Wildman–Crippen MR) is 84.1 cm³/mol. The lowest BCUT2D eigenvalue weighted by Crippen LogP contribution is -2.09. The molecule has 0 saturated heterocycles. The van der Waals surface area contributed by atoms with Gasteiger partial charge in [-0.15, -0.1) is 10.2 Å². The van der Waals surface area contributed by atoms with E-state index >= 15 is 0 Å². The summed E-state index contributed by atoms with van der Waals surface area (Å²) >= 11 is 0. The van der Waals surface area contributed by atoms with Crippen LogP contribution in [0, 0.1) is 0 Å². The normalized spacial score (nSPS) is 12.3. The Hall–Kier alpha value is -3.28. The van der Waals surface area contributed by atoms with Crippen LogP contribution in [-0.2, 0) is 0 Å². The number of aromatic nitrogens is 5. The van der Waals surface area contributed by atoms with Crippen LogP contribution >= 0.6 is 0 Å². The molecule has 0 spiro atoms. The SMILES string of the molecule is Oc1ccc(C(c2cccnc2)c2nnc3cccnn23)cc1. The summed E-state index contributed by atoms with van der Waals surface area (Å²) in [6.45, 7) is 0. The molecule has 0 aliphatic carbocycles. The molecule has 1 unspecified atom stereocenters. The van der Waals surface area contributed by atoms with Crippen molar-refractivity contribution in [1.29, 1.82) is 0 Å². The Morgan fingerprint density at radius 1 is 0.870 bits per heavy atom. The van der Waals surface area contributed by atoms with Gasteiger partial charge < -0.3 is 5.11 Å². The van der Waals surface area contributed by atoms with Gasteiger partial charge in [-0.3, -0.25) is 4.98 Å². The molecule has 0 amide bonds. The van der Waals surface area contributed by atoms with E-state index in [9.17, 15) is 5.11 Å². The van der Waals surface area contributed by atoms with E-state index in [1.807, 2.05) is 42.6 Å². The highest BCUT2D eigenvalue weighted by atomic mass is 16.3. The maximum Gasteiger partial charge on any atom is 0.177 e. The fourth-order valence-electron chi connectivity index (χ4n) is 2.65. The van der Waals surface area contributed by atoms with Crippen LogP contribution in [0.2, 0.25) is 0 Å².